The average molecular weight is 342 g/mol. The highest BCUT2D eigenvalue weighted by Gasteiger charge is 2.20. The minimum Gasteiger partial charge on any atom is -0.480 e. The standard InChI is InChI=1S/C16H24ClN3O3/c1-3-20(4-2)9-8-18-14(16(22)23)11-15(21)19-13-7-5-6-12(17)10-13/h5-7,10,14,18H,3-4,8-9,11H2,1-2H3,(H,19,21)(H,22,23). The third-order valence-corrected chi connectivity index (χ3v) is 3.74. The number of rotatable bonds is 10. The van der Waals surface area contributed by atoms with Gasteiger partial charge in [-0.3, -0.25) is 9.59 Å². The van der Waals surface area contributed by atoms with Crippen LogP contribution in [0.3, 0.4) is 0 Å². The second kappa shape index (κ2) is 10.2. The molecule has 0 bridgehead atoms. The smallest absolute Gasteiger partial charge is 0.321 e. The zero-order valence-electron chi connectivity index (χ0n) is 13.5. The molecule has 1 aromatic rings. The molecule has 6 nitrogen and oxygen atoms in total. The third kappa shape index (κ3) is 7.45. The van der Waals surface area contributed by atoms with Crippen LogP contribution in [0.2, 0.25) is 5.02 Å². The van der Waals surface area contributed by atoms with Gasteiger partial charge in [-0.2, -0.15) is 0 Å². The summed E-state index contributed by atoms with van der Waals surface area (Å²) in [4.78, 5) is 25.4. The van der Waals surface area contributed by atoms with Gasteiger partial charge in [0, 0.05) is 23.8 Å². The van der Waals surface area contributed by atoms with Crippen molar-refractivity contribution in [3.63, 3.8) is 0 Å². The second-order valence-electron chi connectivity index (χ2n) is 5.13. The van der Waals surface area contributed by atoms with Crippen LogP contribution >= 0.6 is 11.6 Å². The van der Waals surface area contributed by atoms with Crippen LogP contribution in [0.25, 0.3) is 0 Å². The summed E-state index contributed by atoms with van der Waals surface area (Å²) in [5, 5.41) is 15.3. The van der Waals surface area contributed by atoms with Gasteiger partial charge in [-0.1, -0.05) is 31.5 Å². The van der Waals surface area contributed by atoms with Crippen LogP contribution in [0.15, 0.2) is 24.3 Å². The van der Waals surface area contributed by atoms with E-state index in [0.717, 1.165) is 19.6 Å². The van der Waals surface area contributed by atoms with Gasteiger partial charge in [0.25, 0.3) is 0 Å². The highest BCUT2D eigenvalue weighted by molar-refractivity contribution is 6.30. The van der Waals surface area contributed by atoms with Crippen molar-refractivity contribution in [3.8, 4) is 0 Å². The van der Waals surface area contributed by atoms with E-state index in [1.807, 2.05) is 0 Å². The molecule has 1 rings (SSSR count). The Morgan fingerprint density at radius 3 is 2.57 bits per heavy atom. The van der Waals surface area contributed by atoms with Gasteiger partial charge in [0.15, 0.2) is 0 Å². The zero-order valence-corrected chi connectivity index (χ0v) is 14.3. The Labute approximate surface area is 141 Å². The van der Waals surface area contributed by atoms with E-state index in [-0.39, 0.29) is 12.3 Å². The molecule has 0 spiro atoms. The lowest BCUT2D eigenvalue weighted by molar-refractivity contribution is -0.141. The fraction of sp³-hybridized carbons (Fsp3) is 0.500. The van der Waals surface area contributed by atoms with Crippen molar-refractivity contribution in [1.82, 2.24) is 10.2 Å². The van der Waals surface area contributed by atoms with Crippen molar-refractivity contribution in [1.29, 1.82) is 0 Å². The first-order valence-corrected chi connectivity index (χ1v) is 8.08. The van der Waals surface area contributed by atoms with E-state index in [2.05, 4.69) is 29.4 Å². The topological polar surface area (TPSA) is 81.7 Å². The Bertz CT molecular complexity index is 521. The number of hydrogen-bond acceptors (Lipinski definition) is 4. The predicted molar refractivity (Wildman–Crippen MR) is 91.9 cm³/mol. The van der Waals surface area contributed by atoms with E-state index in [0.29, 0.717) is 17.3 Å². The van der Waals surface area contributed by atoms with Gasteiger partial charge in [-0.15, -0.1) is 0 Å². The number of nitrogens with one attached hydrogen (secondary N) is 2. The van der Waals surface area contributed by atoms with Crippen molar-refractivity contribution in [3.05, 3.63) is 29.3 Å². The summed E-state index contributed by atoms with van der Waals surface area (Å²) in [6.07, 6.45) is -0.139. The van der Waals surface area contributed by atoms with Crippen LogP contribution in [-0.2, 0) is 9.59 Å². The van der Waals surface area contributed by atoms with E-state index in [9.17, 15) is 14.7 Å². The van der Waals surface area contributed by atoms with Crippen molar-refractivity contribution in [2.75, 3.05) is 31.5 Å². The van der Waals surface area contributed by atoms with Gasteiger partial charge in [0.2, 0.25) is 5.91 Å². The Balaban J connectivity index is 2.48. The van der Waals surface area contributed by atoms with Crippen LogP contribution in [0.5, 0.6) is 0 Å². The average Bonchev–Trinajstić information content (AvgIpc) is 2.50. The van der Waals surface area contributed by atoms with E-state index in [1.165, 1.54) is 0 Å². The predicted octanol–water partition coefficient (Wildman–Crippen LogP) is 2.05. The summed E-state index contributed by atoms with van der Waals surface area (Å²) in [5.41, 5.74) is 0.551. The van der Waals surface area contributed by atoms with Crippen LogP contribution in [0.1, 0.15) is 20.3 Å². The van der Waals surface area contributed by atoms with E-state index in [4.69, 9.17) is 11.6 Å². The molecule has 23 heavy (non-hydrogen) atoms. The van der Waals surface area contributed by atoms with Gasteiger partial charge < -0.3 is 20.6 Å². The summed E-state index contributed by atoms with van der Waals surface area (Å²) < 4.78 is 0. The molecule has 1 aromatic carbocycles. The zero-order chi connectivity index (χ0) is 17.2. The number of carboxylic acids is 1. The lowest BCUT2D eigenvalue weighted by atomic mass is 10.2. The van der Waals surface area contributed by atoms with Gasteiger partial charge in [0.1, 0.15) is 6.04 Å². The maximum atomic E-state index is 12.0. The maximum absolute atomic E-state index is 12.0. The number of nitrogens with zero attached hydrogens (tertiary/aromatic N) is 1. The molecule has 0 aliphatic rings. The minimum absolute atomic E-state index is 0.139. The summed E-state index contributed by atoms with van der Waals surface area (Å²) >= 11 is 5.85. The monoisotopic (exact) mass is 341 g/mol. The fourth-order valence-electron chi connectivity index (χ4n) is 2.15. The number of amides is 1. The lowest BCUT2D eigenvalue weighted by Gasteiger charge is -2.20. The Morgan fingerprint density at radius 2 is 2.00 bits per heavy atom. The molecule has 7 heteroatoms. The molecular weight excluding hydrogens is 318 g/mol. The highest BCUT2D eigenvalue weighted by atomic mass is 35.5. The van der Waals surface area contributed by atoms with Crippen molar-refractivity contribution in [2.45, 2.75) is 26.3 Å². The number of carbonyl (C=O) groups is 2. The van der Waals surface area contributed by atoms with Crippen LogP contribution in [-0.4, -0.2) is 54.1 Å². The molecule has 128 valence electrons. The van der Waals surface area contributed by atoms with Crippen molar-refractivity contribution >= 4 is 29.2 Å². The van der Waals surface area contributed by atoms with Crippen LogP contribution in [0, 0.1) is 0 Å². The number of aliphatic carboxylic acids is 1. The molecule has 0 fully saturated rings. The maximum Gasteiger partial charge on any atom is 0.321 e. The van der Waals surface area contributed by atoms with E-state index >= 15 is 0 Å². The summed E-state index contributed by atoms with van der Waals surface area (Å²) in [5.74, 6) is -1.40. The van der Waals surface area contributed by atoms with E-state index < -0.39 is 12.0 Å². The molecule has 1 amide bonds. The van der Waals surface area contributed by atoms with Gasteiger partial charge in [-0.05, 0) is 31.3 Å². The molecule has 3 N–H and O–H groups in total. The molecule has 0 saturated heterocycles. The summed E-state index contributed by atoms with van der Waals surface area (Å²) in [6, 6.07) is 5.82. The SMILES string of the molecule is CCN(CC)CCNC(CC(=O)Nc1cccc(Cl)c1)C(=O)O. The Kier molecular flexibility index (Phi) is 8.61. The molecule has 0 heterocycles. The normalized spacial score (nSPS) is 12.2. The van der Waals surface area contributed by atoms with Crippen LogP contribution < -0.4 is 10.6 Å². The number of carbonyl (C=O) groups excluding carboxylic acids is 1. The third-order valence-electron chi connectivity index (χ3n) is 3.51. The first kappa shape index (κ1) is 19.4. The molecule has 1 atom stereocenters. The first-order valence-electron chi connectivity index (χ1n) is 7.70. The number of hydrogen-bond donors (Lipinski definition) is 3. The number of anilines is 1. The van der Waals surface area contributed by atoms with Gasteiger partial charge >= 0.3 is 5.97 Å². The van der Waals surface area contributed by atoms with Gasteiger partial charge in [0.05, 0.1) is 6.42 Å². The largest absolute Gasteiger partial charge is 0.480 e. The number of halogens is 1. The summed E-state index contributed by atoms with van der Waals surface area (Å²) in [7, 11) is 0. The quantitative estimate of drug-likeness (QED) is 0.607. The molecular formula is C16H24ClN3O3. The molecule has 0 aliphatic carbocycles. The Hall–Kier alpha value is -1.63. The number of likely N-dealkylation sites (N-methyl/N-ethyl adjacent to an activating group) is 1. The van der Waals surface area contributed by atoms with Crippen molar-refractivity contribution in [2.24, 2.45) is 0 Å². The number of benzene rings is 1. The fourth-order valence-corrected chi connectivity index (χ4v) is 2.34. The Morgan fingerprint density at radius 1 is 1.30 bits per heavy atom. The van der Waals surface area contributed by atoms with Crippen molar-refractivity contribution < 1.29 is 14.7 Å². The molecule has 0 aliphatic heterocycles. The molecule has 0 aromatic heterocycles. The minimum atomic E-state index is -1.04. The van der Waals surface area contributed by atoms with Crippen LogP contribution in [0.4, 0.5) is 5.69 Å². The summed E-state index contributed by atoms with van der Waals surface area (Å²) in [6.45, 7) is 7.18. The molecule has 0 radical (unpaired) electrons. The van der Waals surface area contributed by atoms with E-state index in [1.54, 1.807) is 24.3 Å². The number of carboxylic acid groups (broad SMARTS) is 1. The second-order valence-corrected chi connectivity index (χ2v) is 5.57. The lowest BCUT2D eigenvalue weighted by Crippen LogP contribution is -2.43. The van der Waals surface area contributed by atoms with Gasteiger partial charge in [-0.25, -0.2) is 0 Å². The molecule has 0 saturated carbocycles. The molecule has 1 unspecified atom stereocenters. The highest BCUT2D eigenvalue weighted by Crippen LogP contribution is 2.15. The first-order chi connectivity index (χ1) is 11.0.